The Morgan fingerprint density at radius 3 is 2.81 bits per heavy atom. The summed E-state index contributed by atoms with van der Waals surface area (Å²) in [6.45, 7) is 1.71. The fourth-order valence-corrected chi connectivity index (χ4v) is 4.25. The lowest BCUT2D eigenvalue weighted by molar-refractivity contribution is 0.542. The van der Waals surface area contributed by atoms with E-state index in [1.807, 2.05) is 16.8 Å². The van der Waals surface area contributed by atoms with Gasteiger partial charge in [-0.05, 0) is 47.9 Å². The molecule has 0 aliphatic heterocycles. The zero-order valence-corrected chi connectivity index (χ0v) is 13.5. The van der Waals surface area contributed by atoms with Crippen LogP contribution in [0.25, 0.3) is 0 Å². The standard InChI is InChI=1S/C13H14ClFN2O2S2/c1-8(4-9-2-3-20-7-9)17-21(18,19)12-6-10(16)5-11(14)13(12)15/h2-3,5-8,17H,4,16H2,1H3. The highest BCUT2D eigenvalue weighted by Gasteiger charge is 2.23. The van der Waals surface area contributed by atoms with Crippen molar-refractivity contribution in [3.05, 3.63) is 45.4 Å². The number of anilines is 1. The summed E-state index contributed by atoms with van der Waals surface area (Å²) >= 11 is 7.16. The van der Waals surface area contributed by atoms with Crippen molar-refractivity contribution in [2.24, 2.45) is 0 Å². The van der Waals surface area contributed by atoms with Gasteiger partial charge in [-0.15, -0.1) is 0 Å². The second-order valence-electron chi connectivity index (χ2n) is 4.67. The molecule has 3 N–H and O–H groups in total. The van der Waals surface area contributed by atoms with E-state index in [4.69, 9.17) is 17.3 Å². The second kappa shape index (κ2) is 6.31. The third kappa shape index (κ3) is 3.94. The maximum atomic E-state index is 13.9. The first kappa shape index (κ1) is 16.2. The molecule has 1 aromatic carbocycles. The summed E-state index contributed by atoms with van der Waals surface area (Å²) in [5.41, 5.74) is 6.63. The van der Waals surface area contributed by atoms with Crippen molar-refractivity contribution in [2.75, 3.05) is 5.73 Å². The van der Waals surface area contributed by atoms with E-state index in [0.29, 0.717) is 6.42 Å². The first-order chi connectivity index (χ1) is 9.79. The van der Waals surface area contributed by atoms with Gasteiger partial charge in [-0.25, -0.2) is 17.5 Å². The molecule has 0 bridgehead atoms. The summed E-state index contributed by atoms with van der Waals surface area (Å²) in [4.78, 5) is -0.537. The number of hydrogen-bond acceptors (Lipinski definition) is 4. The molecule has 1 atom stereocenters. The average molecular weight is 349 g/mol. The SMILES string of the molecule is CC(Cc1ccsc1)NS(=O)(=O)c1cc(N)cc(Cl)c1F. The van der Waals surface area contributed by atoms with Crippen LogP contribution in [0.1, 0.15) is 12.5 Å². The van der Waals surface area contributed by atoms with Crippen LogP contribution < -0.4 is 10.5 Å². The molecule has 0 fully saturated rings. The molecule has 0 aliphatic carbocycles. The average Bonchev–Trinajstić information content (AvgIpc) is 2.85. The number of nitrogen functional groups attached to an aromatic ring is 1. The van der Waals surface area contributed by atoms with Gasteiger partial charge in [-0.1, -0.05) is 11.6 Å². The van der Waals surface area contributed by atoms with Crippen LogP contribution >= 0.6 is 22.9 Å². The zero-order chi connectivity index (χ0) is 15.6. The summed E-state index contributed by atoms with van der Waals surface area (Å²) in [5, 5.41) is 3.53. The van der Waals surface area contributed by atoms with Gasteiger partial charge in [0.15, 0.2) is 5.82 Å². The van der Waals surface area contributed by atoms with Crippen LogP contribution in [-0.2, 0) is 16.4 Å². The van der Waals surface area contributed by atoms with Gasteiger partial charge in [-0.2, -0.15) is 11.3 Å². The molecule has 2 rings (SSSR count). The van der Waals surface area contributed by atoms with E-state index in [2.05, 4.69) is 4.72 Å². The van der Waals surface area contributed by atoms with Crippen LogP contribution in [0.3, 0.4) is 0 Å². The van der Waals surface area contributed by atoms with E-state index < -0.39 is 20.7 Å². The summed E-state index contributed by atoms with van der Waals surface area (Å²) in [6, 6.07) is 3.75. The lowest BCUT2D eigenvalue weighted by Gasteiger charge is -2.15. The Morgan fingerprint density at radius 2 is 2.19 bits per heavy atom. The predicted octanol–water partition coefficient (Wildman–Crippen LogP) is 3.03. The van der Waals surface area contributed by atoms with Crippen molar-refractivity contribution in [3.63, 3.8) is 0 Å². The van der Waals surface area contributed by atoms with Crippen molar-refractivity contribution in [2.45, 2.75) is 24.3 Å². The first-order valence-corrected chi connectivity index (χ1v) is 8.88. The third-order valence-corrected chi connectivity index (χ3v) is 5.38. The highest BCUT2D eigenvalue weighted by molar-refractivity contribution is 7.89. The molecule has 0 saturated carbocycles. The van der Waals surface area contributed by atoms with Crippen LogP contribution in [0, 0.1) is 5.82 Å². The molecule has 0 radical (unpaired) electrons. The van der Waals surface area contributed by atoms with Gasteiger partial charge in [0.05, 0.1) is 5.02 Å². The summed E-state index contributed by atoms with van der Waals surface area (Å²) in [6.07, 6.45) is 0.514. The van der Waals surface area contributed by atoms with Crippen LogP contribution in [0.5, 0.6) is 0 Å². The highest BCUT2D eigenvalue weighted by atomic mass is 35.5. The Hall–Kier alpha value is -1.15. The molecule has 8 heteroatoms. The number of hydrogen-bond donors (Lipinski definition) is 2. The molecule has 0 saturated heterocycles. The van der Waals surface area contributed by atoms with Gasteiger partial charge in [0, 0.05) is 11.7 Å². The molecule has 0 aliphatic rings. The summed E-state index contributed by atoms with van der Waals surface area (Å²) in [5.74, 6) is -0.999. The topological polar surface area (TPSA) is 72.2 Å². The van der Waals surface area contributed by atoms with Crippen LogP contribution in [0.15, 0.2) is 33.9 Å². The van der Waals surface area contributed by atoms with E-state index in [1.165, 1.54) is 17.4 Å². The number of benzene rings is 1. The van der Waals surface area contributed by atoms with Gasteiger partial charge < -0.3 is 5.73 Å². The maximum Gasteiger partial charge on any atom is 0.243 e. The minimum Gasteiger partial charge on any atom is -0.399 e. The van der Waals surface area contributed by atoms with E-state index in [-0.39, 0.29) is 16.8 Å². The highest BCUT2D eigenvalue weighted by Crippen LogP contribution is 2.26. The molecule has 0 amide bonds. The van der Waals surface area contributed by atoms with E-state index in [0.717, 1.165) is 11.6 Å². The number of halogens is 2. The molecule has 114 valence electrons. The van der Waals surface area contributed by atoms with Gasteiger partial charge in [0.25, 0.3) is 0 Å². The predicted molar refractivity (Wildman–Crippen MR) is 83.6 cm³/mol. The number of rotatable bonds is 5. The normalized spacial score (nSPS) is 13.3. The zero-order valence-electron chi connectivity index (χ0n) is 11.1. The lowest BCUT2D eigenvalue weighted by Crippen LogP contribution is -2.34. The Morgan fingerprint density at radius 1 is 1.48 bits per heavy atom. The van der Waals surface area contributed by atoms with E-state index in [9.17, 15) is 12.8 Å². The number of nitrogens with two attached hydrogens (primary N) is 1. The van der Waals surface area contributed by atoms with Crippen LogP contribution in [0.4, 0.5) is 10.1 Å². The number of sulfonamides is 1. The Kier molecular flexibility index (Phi) is 4.88. The molecule has 1 unspecified atom stereocenters. The van der Waals surface area contributed by atoms with Gasteiger partial charge in [0.2, 0.25) is 10.0 Å². The molecule has 1 aromatic heterocycles. The molecular weight excluding hydrogens is 335 g/mol. The van der Waals surface area contributed by atoms with E-state index in [1.54, 1.807) is 6.92 Å². The van der Waals surface area contributed by atoms with Gasteiger partial charge in [0.1, 0.15) is 4.90 Å². The molecule has 4 nitrogen and oxygen atoms in total. The van der Waals surface area contributed by atoms with Crippen LogP contribution in [0.2, 0.25) is 5.02 Å². The quantitative estimate of drug-likeness (QED) is 0.816. The van der Waals surface area contributed by atoms with Gasteiger partial charge in [-0.3, -0.25) is 0 Å². The monoisotopic (exact) mass is 348 g/mol. The minimum atomic E-state index is -4.02. The number of nitrogens with one attached hydrogen (secondary N) is 1. The third-order valence-electron chi connectivity index (χ3n) is 2.79. The first-order valence-electron chi connectivity index (χ1n) is 6.07. The molecule has 2 aromatic rings. The maximum absolute atomic E-state index is 13.9. The number of thiophene rings is 1. The van der Waals surface area contributed by atoms with Gasteiger partial charge >= 0.3 is 0 Å². The lowest BCUT2D eigenvalue weighted by atomic mass is 10.1. The Labute approximate surface area is 131 Å². The van der Waals surface area contributed by atoms with Crippen molar-refractivity contribution < 1.29 is 12.8 Å². The second-order valence-corrected chi connectivity index (χ2v) is 7.54. The molecule has 1 heterocycles. The minimum absolute atomic E-state index is 0.0901. The fourth-order valence-electron chi connectivity index (χ4n) is 1.91. The van der Waals surface area contributed by atoms with E-state index >= 15 is 0 Å². The smallest absolute Gasteiger partial charge is 0.243 e. The van der Waals surface area contributed by atoms with Crippen molar-refractivity contribution >= 4 is 38.6 Å². The molecular formula is C13H14ClFN2O2S2. The van der Waals surface area contributed by atoms with Crippen molar-refractivity contribution in [3.8, 4) is 0 Å². The molecule has 21 heavy (non-hydrogen) atoms. The largest absolute Gasteiger partial charge is 0.399 e. The fraction of sp³-hybridized carbons (Fsp3) is 0.231. The summed E-state index contributed by atoms with van der Waals surface area (Å²) < 4.78 is 40.8. The van der Waals surface area contributed by atoms with Crippen molar-refractivity contribution in [1.29, 1.82) is 0 Å². The van der Waals surface area contributed by atoms with Crippen LogP contribution in [-0.4, -0.2) is 14.5 Å². The summed E-state index contributed by atoms with van der Waals surface area (Å²) in [7, 11) is -4.02. The Bertz CT molecular complexity index is 733. The Balaban J connectivity index is 2.22. The molecule has 0 spiro atoms. The van der Waals surface area contributed by atoms with Crippen molar-refractivity contribution in [1.82, 2.24) is 4.72 Å².